The third-order valence-electron chi connectivity index (χ3n) is 3.34. The second-order valence-electron chi connectivity index (χ2n) is 4.64. The van der Waals surface area contributed by atoms with Crippen LogP contribution in [0, 0.1) is 5.92 Å². The molecule has 0 radical (unpaired) electrons. The maximum Gasteiger partial charge on any atom is 0.189 e. The Kier molecular flexibility index (Phi) is 3.97. The highest BCUT2D eigenvalue weighted by Gasteiger charge is 2.11. The Morgan fingerprint density at radius 1 is 1.18 bits per heavy atom. The summed E-state index contributed by atoms with van der Waals surface area (Å²) >= 11 is 0. The van der Waals surface area contributed by atoms with E-state index in [1.165, 1.54) is 32.1 Å². The SMILES string of the molecule is O=C(/C=C/C1CCCCC1)c1ccccc1O. The van der Waals surface area contributed by atoms with Crippen LogP contribution in [0.5, 0.6) is 5.75 Å². The number of hydrogen-bond acceptors (Lipinski definition) is 2. The number of carbonyl (C=O) groups is 1. The molecular formula is C15H18O2. The summed E-state index contributed by atoms with van der Waals surface area (Å²) in [5.41, 5.74) is 0.388. The summed E-state index contributed by atoms with van der Waals surface area (Å²) in [6.07, 6.45) is 9.84. The monoisotopic (exact) mass is 230 g/mol. The van der Waals surface area contributed by atoms with Crippen LogP contribution in [0.4, 0.5) is 0 Å². The lowest BCUT2D eigenvalue weighted by atomic mass is 9.89. The fourth-order valence-electron chi connectivity index (χ4n) is 2.32. The van der Waals surface area contributed by atoms with E-state index in [9.17, 15) is 9.90 Å². The topological polar surface area (TPSA) is 37.3 Å². The number of rotatable bonds is 3. The molecule has 0 aliphatic heterocycles. The smallest absolute Gasteiger partial charge is 0.189 e. The van der Waals surface area contributed by atoms with Crippen molar-refractivity contribution in [3.63, 3.8) is 0 Å². The Bertz CT molecular complexity index is 415. The van der Waals surface area contributed by atoms with Gasteiger partial charge in [-0.25, -0.2) is 0 Å². The molecule has 1 aliphatic rings. The van der Waals surface area contributed by atoms with E-state index in [-0.39, 0.29) is 11.5 Å². The number of ketones is 1. The summed E-state index contributed by atoms with van der Waals surface area (Å²) in [5.74, 6) is 0.498. The zero-order chi connectivity index (χ0) is 12.1. The first-order valence-electron chi connectivity index (χ1n) is 6.28. The molecule has 1 saturated carbocycles. The lowest BCUT2D eigenvalue weighted by molar-refractivity contribution is 0.104. The zero-order valence-corrected chi connectivity index (χ0v) is 9.93. The van der Waals surface area contributed by atoms with Crippen LogP contribution < -0.4 is 0 Å². The van der Waals surface area contributed by atoms with Gasteiger partial charge in [-0.3, -0.25) is 4.79 Å². The molecule has 17 heavy (non-hydrogen) atoms. The molecule has 0 unspecified atom stereocenters. The van der Waals surface area contributed by atoms with Gasteiger partial charge in [0.1, 0.15) is 5.75 Å². The number of hydrogen-bond donors (Lipinski definition) is 1. The number of aromatic hydroxyl groups is 1. The standard InChI is InChI=1S/C15H18O2/c16-14-9-5-4-8-13(14)15(17)11-10-12-6-2-1-3-7-12/h4-5,8-12,16H,1-3,6-7H2/b11-10+. The minimum absolute atomic E-state index is 0.0609. The minimum atomic E-state index is -0.103. The first-order chi connectivity index (χ1) is 8.27. The van der Waals surface area contributed by atoms with E-state index in [0.717, 1.165) is 0 Å². The molecule has 2 heteroatoms. The number of phenolic OH excluding ortho intramolecular Hbond substituents is 1. The zero-order valence-electron chi connectivity index (χ0n) is 9.93. The van der Waals surface area contributed by atoms with E-state index >= 15 is 0 Å². The van der Waals surface area contributed by atoms with E-state index in [4.69, 9.17) is 0 Å². The second-order valence-corrected chi connectivity index (χ2v) is 4.64. The Hall–Kier alpha value is -1.57. The van der Waals surface area contributed by atoms with Gasteiger partial charge >= 0.3 is 0 Å². The van der Waals surface area contributed by atoms with E-state index in [2.05, 4.69) is 0 Å². The lowest BCUT2D eigenvalue weighted by Gasteiger charge is -2.17. The molecule has 0 saturated heterocycles. The maximum absolute atomic E-state index is 11.9. The first-order valence-corrected chi connectivity index (χ1v) is 6.28. The van der Waals surface area contributed by atoms with E-state index in [1.54, 1.807) is 30.3 Å². The van der Waals surface area contributed by atoms with Gasteiger partial charge in [-0.15, -0.1) is 0 Å². The minimum Gasteiger partial charge on any atom is -0.507 e. The Labute approximate surface area is 102 Å². The third-order valence-corrected chi connectivity index (χ3v) is 3.34. The summed E-state index contributed by atoms with van der Waals surface area (Å²) < 4.78 is 0. The van der Waals surface area contributed by atoms with Gasteiger partial charge in [0.15, 0.2) is 5.78 Å². The summed E-state index contributed by atoms with van der Waals surface area (Å²) in [7, 11) is 0. The predicted molar refractivity (Wildman–Crippen MR) is 68.2 cm³/mol. The van der Waals surface area contributed by atoms with Crippen LogP contribution in [0.25, 0.3) is 0 Å². The van der Waals surface area contributed by atoms with Crippen LogP contribution in [-0.4, -0.2) is 10.9 Å². The van der Waals surface area contributed by atoms with Crippen molar-refractivity contribution < 1.29 is 9.90 Å². The molecule has 2 nitrogen and oxygen atoms in total. The Balaban J connectivity index is 2.01. The van der Waals surface area contributed by atoms with E-state index in [0.29, 0.717) is 11.5 Å². The van der Waals surface area contributed by atoms with Gasteiger partial charge in [0.2, 0.25) is 0 Å². The van der Waals surface area contributed by atoms with Gasteiger partial charge in [-0.2, -0.15) is 0 Å². The molecule has 1 aromatic rings. The van der Waals surface area contributed by atoms with Crippen molar-refractivity contribution in [2.75, 3.05) is 0 Å². The van der Waals surface area contributed by atoms with Crippen molar-refractivity contribution in [1.29, 1.82) is 0 Å². The van der Waals surface area contributed by atoms with E-state index < -0.39 is 0 Å². The highest BCUT2D eigenvalue weighted by molar-refractivity contribution is 6.06. The van der Waals surface area contributed by atoms with Gasteiger partial charge in [0.25, 0.3) is 0 Å². The summed E-state index contributed by atoms with van der Waals surface area (Å²) in [6.45, 7) is 0. The molecular weight excluding hydrogens is 212 g/mol. The fourth-order valence-corrected chi connectivity index (χ4v) is 2.32. The van der Waals surface area contributed by atoms with Crippen LogP contribution in [0.3, 0.4) is 0 Å². The van der Waals surface area contributed by atoms with Crippen LogP contribution in [0.15, 0.2) is 36.4 Å². The van der Waals surface area contributed by atoms with Crippen LogP contribution >= 0.6 is 0 Å². The molecule has 0 amide bonds. The number of para-hydroxylation sites is 1. The normalized spacial score (nSPS) is 17.4. The van der Waals surface area contributed by atoms with Crippen LogP contribution in [0.2, 0.25) is 0 Å². The molecule has 2 rings (SSSR count). The van der Waals surface area contributed by atoms with Crippen molar-refractivity contribution in [3.05, 3.63) is 42.0 Å². The number of allylic oxidation sites excluding steroid dienone is 2. The lowest BCUT2D eigenvalue weighted by Crippen LogP contribution is -2.04. The van der Waals surface area contributed by atoms with Crippen LogP contribution in [-0.2, 0) is 0 Å². The van der Waals surface area contributed by atoms with Crippen molar-refractivity contribution >= 4 is 5.78 Å². The van der Waals surface area contributed by atoms with Crippen molar-refractivity contribution in [2.45, 2.75) is 32.1 Å². The first kappa shape index (κ1) is 11.9. The highest BCUT2D eigenvalue weighted by atomic mass is 16.3. The third kappa shape index (κ3) is 3.19. The number of benzene rings is 1. The molecule has 1 fully saturated rings. The van der Waals surface area contributed by atoms with Gasteiger partial charge in [-0.1, -0.05) is 37.5 Å². The molecule has 0 aromatic heterocycles. The predicted octanol–water partition coefficient (Wildman–Crippen LogP) is 3.71. The highest BCUT2D eigenvalue weighted by Crippen LogP contribution is 2.25. The van der Waals surface area contributed by atoms with Gasteiger partial charge in [0.05, 0.1) is 5.56 Å². The largest absolute Gasteiger partial charge is 0.507 e. The molecule has 1 N–H and O–H groups in total. The fraction of sp³-hybridized carbons (Fsp3) is 0.400. The molecule has 0 bridgehead atoms. The Morgan fingerprint density at radius 3 is 2.59 bits per heavy atom. The molecule has 0 spiro atoms. The summed E-state index contributed by atoms with van der Waals surface area (Å²) in [4.78, 5) is 11.9. The second kappa shape index (κ2) is 5.67. The number of carbonyl (C=O) groups excluding carboxylic acids is 1. The molecule has 1 aliphatic carbocycles. The van der Waals surface area contributed by atoms with Crippen LogP contribution in [0.1, 0.15) is 42.5 Å². The molecule has 90 valence electrons. The van der Waals surface area contributed by atoms with E-state index in [1.807, 2.05) is 6.08 Å². The van der Waals surface area contributed by atoms with Crippen molar-refractivity contribution in [1.82, 2.24) is 0 Å². The van der Waals surface area contributed by atoms with Gasteiger partial charge in [0, 0.05) is 0 Å². The quantitative estimate of drug-likeness (QED) is 0.635. The summed E-state index contributed by atoms with van der Waals surface area (Å²) in [6, 6.07) is 6.68. The molecule has 0 heterocycles. The summed E-state index contributed by atoms with van der Waals surface area (Å²) in [5, 5.41) is 9.56. The molecule has 1 aromatic carbocycles. The average Bonchev–Trinajstić information content (AvgIpc) is 2.38. The maximum atomic E-state index is 11.9. The number of phenols is 1. The molecule has 0 atom stereocenters. The van der Waals surface area contributed by atoms with Gasteiger partial charge in [-0.05, 0) is 37.0 Å². The van der Waals surface area contributed by atoms with Crippen molar-refractivity contribution in [3.8, 4) is 5.75 Å². The van der Waals surface area contributed by atoms with Gasteiger partial charge < -0.3 is 5.11 Å². The van der Waals surface area contributed by atoms with Crippen molar-refractivity contribution in [2.24, 2.45) is 5.92 Å². The average molecular weight is 230 g/mol. The Morgan fingerprint density at radius 2 is 1.88 bits per heavy atom.